The van der Waals surface area contributed by atoms with Gasteiger partial charge in [-0.3, -0.25) is 4.79 Å². The number of aryl methyl sites for hydroxylation is 1. The van der Waals surface area contributed by atoms with Crippen molar-refractivity contribution in [3.8, 4) is 0 Å². The highest BCUT2D eigenvalue weighted by molar-refractivity contribution is 7.21. The topological polar surface area (TPSA) is 80.9 Å². The van der Waals surface area contributed by atoms with Crippen molar-refractivity contribution in [3.05, 3.63) is 81.6 Å². The second-order valence-corrected chi connectivity index (χ2v) is 8.80. The van der Waals surface area contributed by atoms with Crippen LogP contribution in [-0.2, 0) is 12.8 Å². The molecule has 7 heteroatoms. The predicted molar refractivity (Wildman–Crippen MR) is 122 cm³/mol. The van der Waals surface area contributed by atoms with Crippen LogP contribution in [0.4, 0.5) is 11.4 Å². The molecule has 30 heavy (non-hydrogen) atoms. The maximum atomic E-state index is 12.8. The highest BCUT2D eigenvalue weighted by Gasteiger charge is 2.24. The zero-order chi connectivity index (χ0) is 20.7. The molecule has 0 saturated heterocycles. The predicted octanol–water partition coefficient (Wildman–Crippen LogP) is 5.45. The van der Waals surface area contributed by atoms with Gasteiger partial charge >= 0.3 is 0 Å². The fourth-order valence-electron chi connectivity index (χ4n) is 4.03. The first kappa shape index (κ1) is 19.0. The minimum absolute atomic E-state index is 0.242. The number of hydrogen-bond acceptors (Lipinski definition) is 5. The number of nitrogens with one attached hydrogen (secondary N) is 1. The van der Waals surface area contributed by atoms with Crippen LogP contribution in [0.2, 0.25) is 5.15 Å². The van der Waals surface area contributed by atoms with Crippen molar-refractivity contribution in [1.29, 1.82) is 0 Å². The molecule has 1 aromatic carbocycles. The number of aromatic nitrogens is 2. The Morgan fingerprint density at radius 3 is 2.83 bits per heavy atom. The second kappa shape index (κ2) is 7.70. The summed E-state index contributed by atoms with van der Waals surface area (Å²) in [5.41, 5.74) is 11.0. The summed E-state index contributed by atoms with van der Waals surface area (Å²) >= 11 is 7.37. The summed E-state index contributed by atoms with van der Waals surface area (Å²) in [6.07, 6.45) is 4.51. The number of pyridine rings is 2. The average molecular weight is 435 g/mol. The van der Waals surface area contributed by atoms with Gasteiger partial charge in [-0.2, -0.15) is 0 Å². The summed E-state index contributed by atoms with van der Waals surface area (Å²) in [6, 6.07) is 16.1. The quantitative estimate of drug-likeness (QED) is 0.420. The maximum absolute atomic E-state index is 12.8. The zero-order valence-electron chi connectivity index (χ0n) is 16.1. The Morgan fingerprint density at radius 1 is 1.20 bits per heavy atom. The molecule has 5 rings (SSSR count). The van der Waals surface area contributed by atoms with E-state index in [1.165, 1.54) is 22.5 Å². The molecule has 0 radical (unpaired) electrons. The molecule has 1 aliphatic carbocycles. The van der Waals surface area contributed by atoms with Gasteiger partial charge in [0.25, 0.3) is 5.91 Å². The fraction of sp³-hybridized carbons (Fsp3) is 0.174. The average Bonchev–Trinajstić information content (AvgIpc) is 3.09. The van der Waals surface area contributed by atoms with Crippen LogP contribution in [0.3, 0.4) is 0 Å². The molecule has 0 aliphatic heterocycles. The van der Waals surface area contributed by atoms with Crippen LogP contribution >= 0.6 is 22.9 Å². The van der Waals surface area contributed by atoms with Crippen LogP contribution in [0.25, 0.3) is 10.2 Å². The van der Waals surface area contributed by atoms with E-state index in [4.69, 9.17) is 22.3 Å². The first-order valence-corrected chi connectivity index (χ1v) is 11.0. The zero-order valence-corrected chi connectivity index (χ0v) is 17.6. The molecule has 0 fully saturated rings. The molecule has 4 aromatic rings. The Labute approximate surface area is 182 Å². The molecule has 150 valence electrons. The molecule has 0 spiro atoms. The number of fused-ring (bicyclic) bond motifs is 2. The van der Waals surface area contributed by atoms with Crippen molar-refractivity contribution in [3.63, 3.8) is 0 Å². The van der Waals surface area contributed by atoms with Gasteiger partial charge in [0.2, 0.25) is 0 Å². The molecule has 1 aliphatic rings. The number of nitrogens with two attached hydrogens (primary N) is 1. The Bertz CT molecular complexity index is 1260. The molecular weight excluding hydrogens is 416 g/mol. The van der Waals surface area contributed by atoms with Crippen LogP contribution < -0.4 is 11.1 Å². The molecule has 3 heterocycles. The summed E-state index contributed by atoms with van der Waals surface area (Å²) in [5.74, 6) is 0.179. The molecular formula is C23H19ClN4OS. The third-order valence-electron chi connectivity index (χ3n) is 5.57. The van der Waals surface area contributed by atoms with Crippen molar-refractivity contribution >= 4 is 50.4 Å². The Kier molecular flexibility index (Phi) is 4.89. The van der Waals surface area contributed by atoms with Crippen LogP contribution in [0, 0.1) is 0 Å². The van der Waals surface area contributed by atoms with Crippen molar-refractivity contribution in [2.45, 2.75) is 25.2 Å². The molecule has 1 amide bonds. The van der Waals surface area contributed by atoms with Crippen LogP contribution in [-0.4, -0.2) is 15.9 Å². The summed E-state index contributed by atoms with van der Waals surface area (Å²) in [6.45, 7) is 0. The molecule has 0 saturated carbocycles. The van der Waals surface area contributed by atoms with E-state index >= 15 is 0 Å². The van der Waals surface area contributed by atoms with Crippen molar-refractivity contribution in [2.75, 3.05) is 11.1 Å². The number of anilines is 2. The van der Waals surface area contributed by atoms with Gasteiger partial charge in [0.15, 0.2) is 5.15 Å². The summed E-state index contributed by atoms with van der Waals surface area (Å²) in [5, 5.41) is 3.88. The lowest BCUT2D eigenvalue weighted by Crippen LogP contribution is -2.14. The lowest BCUT2D eigenvalue weighted by molar-refractivity contribution is 0.103. The Morgan fingerprint density at radius 2 is 2.03 bits per heavy atom. The standard InChI is InChI=1S/C23H19ClN4OS/c24-21-18(7-4-10-26-21)27-22(29)20-19(25)16-12-15-11-14(13-5-2-1-3-6-13)8-9-17(15)28-23(16)30-20/h1-7,10,12,14H,8-9,11,25H2,(H,27,29). The largest absolute Gasteiger partial charge is 0.397 e. The third-order valence-corrected chi connectivity index (χ3v) is 6.99. The third kappa shape index (κ3) is 3.42. The van der Waals surface area contributed by atoms with Gasteiger partial charge in [0, 0.05) is 17.3 Å². The number of benzene rings is 1. The number of rotatable bonds is 3. The lowest BCUT2D eigenvalue weighted by atomic mass is 9.82. The van der Waals surface area contributed by atoms with Crippen molar-refractivity contribution < 1.29 is 4.79 Å². The van der Waals surface area contributed by atoms with E-state index in [0.717, 1.165) is 35.2 Å². The minimum atomic E-state index is -0.300. The number of nitrogen functional groups attached to an aromatic ring is 1. The first-order valence-electron chi connectivity index (χ1n) is 9.77. The van der Waals surface area contributed by atoms with E-state index in [2.05, 4.69) is 40.6 Å². The fourth-order valence-corrected chi connectivity index (χ4v) is 5.19. The molecule has 1 unspecified atom stereocenters. The van der Waals surface area contributed by atoms with Gasteiger partial charge in [0.05, 0.1) is 11.4 Å². The van der Waals surface area contributed by atoms with E-state index in [9.17, 15) is 4.79 Å². The first-order chi connectivity index (χ1) is 14.6. The maximum Gasteiger partial charge on any atom is 0.268 e. The number of carbonyl (C=O) groups excluding carboxylic acids is 1. The lowest BCUT2D eigenvalue weighted by Gasteiger charge is -2.24. The highest BCUT2D eigenvalue weighted by Crippen LogP contribution is 2.38. The van der Waals surface area contributed by atoms with Gasteiger partial charge in [-0.05, 0) is 54.5 Å². The smallest absolute Gasteiger partial charge is 0.268 e. The molecule has 3 N–H and O–H groups in total. The van der Waals surface area contributed by atoms with Crippen molar-refractivity contribution in [2.24, 2.45) is 0 Å². The van der Waals surface area contributed by atoms with Crippen LogP contribution in [0.1, 0.15) is 38.8 Å². The van der Waals surface area contributed by atoms with E-state index in [1.807, 2.05) is 6.07 Å². The van der Waals surface area contributed by atoms with Gasteiger partial charge in [-0.1, -0.05) is 41.9 Å². The minimum Gasteiger partial charge on any atom is -0.397 e. The van der Waals surface area contributed by atoms with Gasteiger partial charge in [-0.25, -0.2) is 9.97 Å². The summed E-state index contributed by atoms with van der Waals surface area (Å²) < 4.78 is 0. The highest BCUT2D eigenvalue weighted by atomic mass is 35.5. The van der Waals surface area contributed by atoms with Gasteiger partial charge in [0.1, 0.15) is 9.71 Å². The molecule has 3 aromatic heterocycles. The monoisotopic (exact) mass is 434 g/mol. The molecule has 5 nitrogen and oxygen atoms in total. The second-order valence-electron chi connectivity index (χ2n) is 7.44. The SMILES string of the molecule is Nc1c(C(=O)Nc2cccnc2Cl)sc2nc3c(cc12)CC(c1ccccc1)CC3. The normalized spacial score (nSPS) is 15.7. The van der Waals surface area contributed by atoms with Gasteiger partial charge < -0.3 is 11.1 Å². The van der Waals surface area contributed by atoms with E-state index in [-0.39, 0.29) is 11.1 Å². The molecule has 0 bridgehead atoms. The summed E-state index contributed by atoms with van der Waals surface area (Å²) in [4.78, 5) is 22.9. The number of hydrogen-bond donors (Lipinski definition) is 2. The Balaban J connectivity index is 1.47. The number of halogens is 1. The Hall–Kier alpha value is -2.96. The van der Waals surface area contributed by atoms with Crippen LogP contribution in [0.5, 0.6) is 0 Å². The number of thiophene rings is 1. The number of amides is 1. The van der Waals surface area contributed by atoms with E-state index in [1.54, 1.807) is 18.3 Å². The number of carbonyl (C=O) groups is 1. The van der Waals surface area contributed by atoms with E-state index in [0.29, 0.717) is 22.2 Å². The number of nitrogens with zero attached hydrogens (tertiary/aromatic N) is 2. The molecule has 1 atom stereocenters. The van der Waals surface area contributed by atoms with Crippen molar-refractivity contribution in [1.82, 2.24) is 9.97 Å². The van der Waals surface area contributed by atoms with Gasteiger partial charge in [-0.15, -0.1) is 11.3 Å². The van der Waals surface area contributed by atoms with E-state index < -0.39 is 0 Å². The summed E-state index contributed by atoms with van der Waals surface area (Å²) in [7, 11) is 0. The van der Waals surface area contributed by atoms with Crippen LogP contribution in [0.15, 0.2) is 54.7 Å².